The van der Waals surface area contributed by atoms with Gasteiger partial charge in [-0.15, -0.1) is 10.2 Å². The molecule has 2 aromatic rings. The highest BCUT2D eigenvalue weighted by molar-refractivity contribution is 7.99. The van der Waals surface area contributed by atoms with Crippen molar-refractivity contribution in [2.75, 3.05) is 50.1 Å². The summed E-state index contributed by atoms with van der Waals surface area (Å²) in [7, 11) is 0. The molecule has 0 spiro atoms. The molecule has 0 bridgehead atoms. The number of thioether (sulfide) groups is 1. The maximum absolute atomic E-state index is 12.1. The van der Waals surface area contributed by atoms with Crippen LogP contribution in [-0.4, -0.2) is 72.2 Å². The van der Waals surface area contributed by atoms with E-state index in [0.717, 1.165) is 11.3 Å². The minimum atomic E-state index is -4.55. The van der Waals surface area contributed by atoms with Crippen LogP contribution in [0, 0.1) is 6.92 Å². The molecule has 1 N–H and O–H groups in total. The van der Waals surface area contributed by atoms with Crippen molar-refractivity contribution in [3.8, 4) is 5.69 Å². The average molecular weight is 445 g/mol. The molecule has 164 valence electrons. The molecule has 0 unspecified atom stereocenters. The van der Waals surface area contributed by atoms with Gasteiger partial charge in [0.15, 0.2) is 11.8 Å². The number of nitrogens with zero attached hydrogens (tertiary/aromatic N) is 4. The van der Waals surface area contributed by atoms with E-state index >= 15 is 0 Å². The van der Waals surface area contributed by atoms with Crippen molar-refractivity contribution in [1.29, 1.82) is 0 Å². The van der Waals surface area contributed by atoms with Crippen molar-refractivity contribution < 1.29 is 27.4 Å². The molecule has 0 saturated carbocycles. The molecule has 8 nitrogen and oxygen atoms in total. The lowest BCUT2D eigenvalue weighted by molar-refractivity contribution is -0.160. The van der Waals surface area contributed by atoms with E-state index in [1.807, 2.05) is 35.8 Å². The molecular weight excluding hydrogens is 423 g/mol. The fourth-order valence-electron chi connectivity index (χ4n) is 2.74. The number of aromatic nitrogens is 3. The van der Waals surface area contributed by atoms with Crippen LogP contribution >= 0.6 is 11.8 Å². The van der Waals surface area contributed by atoms with Crippen molar-refractivity contribution in [2.24, 2.45) is 0 Å². The standard InChI is InChI=1S/C18H22F3N5O3S/c1-13-2-4-14(5-3-13)26-15(25-7-9-28-10-8-25)23-24-16(26)30-11-6-22-17(27)29-12-18(19,20)21/h2-5H,6-12H2,1H3,(H,22,27). The van der Waals surface area contributed by atoms with Crippen molar-refractivity contribution in [3.63, 3.8) is 0 Å². The largest absolute Gasteiger partial charge is 0.440 e. The number of nitrogens with one attached hydrogen (secondary N) is 1. The van der Waals surface area contributed by atoms with Gasteiger partial charge in [-0.3, -0.25) is 4.57 Å². The molecule has 0 aliphatic carbocycles. The minimum absolute atomic E-state index is 0.120. The van der Waals surface area contributed by atoms with Gasteiger partial charge in [0.25, 0.3) is 0 Å². The Balaban J connectivity index is 1.65. The molecule has 2 heterocycles. The summed E-state index contributed by atoms with van der Waals surface area (Å²) in [5.41, 5.74) is 2.02. The Bertz CT molecular complexity index is 839. The second-order valence-corrected chi connectivity index (χ2v) is 7.58. The van der Waals surface area contributed by atoms with E-state index < -0.39 is 18.9 Å². The molecule has 1 aromatic heterocycles. The predicted octanol–water partition coefficient (Wildman–Crippen LogP) is 2.79. The Hall–Kier alpha value is -2.47. The number of carbonyl (C=O) groups is 1. The number of hydrogen-bond donors (Lipinski definition) is 1. The van der Waals surface area contributed by atoms with Gasteiger partial charge in [-0.1, -0.05) is 29.5 Å². The zero-order valence-electron chi connectivity index (χ0n) is 16.3. The predicted molar refractivity (Wildman–Crippen MR) is 105 cm³/mol. The molecule has 1 amide bonds. The Labute approximate surface area is 175 Å². The van der Waals surface area contributed by atoms with Gasteiger partial charge in [0.2, 0.25) is 5.95 Å². The van der Waals surface area contributed by atoms with E-state index in [1.165, 1.54) is 11.8 Å². The number of hydrogen-bond acceptors (Lipinski definition) is 7. The number of benzene rings is 1. The van der Waals surface area contributed by atoms with E-state index in [0.29, 0.717) is 43.2 Å². The Morgan fingerprint density at radius 3 is 2.60 bits per heavy atom. The first kappa shape index (κ1) is 22.2. The number of aryl methyl sites for hydroxylation is 1. The number of carbonyl (C=O) groups excluding carboxylic acids is 1. The van der Waals surface area contributed by atoms with Gasteiger partial charge in [0.05, 0.1) is 18.9 Å². The van der Waals surface area contributed by atoms with Crippen LogP contribution < -0.4 is 10.2 Å². The molecule has 0 radical (unpaired) electrons. The van der Waals surface area contributed by atoms with Crippen molar-refractivity contribution >= 4 is 23.8 Å². The Morgan fingerprint density at radius 1 is 1.23 bits per heavy atom. The molecule has 30 heavy (non-hydrogen) atoms. The smallest absolute Gasteiger partial charge is 0.422 e. The van der Waals surface area contributed by atoms with Crippen LogP contribution in [0.15, 0.2) is 29.4 Å². The van der Waals surface area contributed by atoms with E-state index in [9.17, 15) is 18.0 Å². The Morgan fingerprint density at radius 2 is 1.93 bits per heavy atom. The zero-order valence-corrected chi connectivity index (χ0v) is 17.1. The van der Waals surface area contributed by atoms with Crippen molar-refractivity contribution in [3.05, 3.63) is 29.8 Å². The highest BCUT2D eigenvalue weighted by Gasteiger charge is 2.29. The van der Waals surface area contributed by atoms with E-state index in [1.54, 1.807) is 0 Å². The summed E-state index contributed by atoms with van der Waals surface area (Å²) >= 11 is 1.34. The summed E-state index contributed by atoms with van der Waals surface area (Å²) in [6.45, 7) is 3.10. The van der Waals surface area contributed by atoms with Crippen LogP contribution in [0.5, 0.6) is 0 Å². The molecule has 1 aliphatic rings. The lowest BCUT2D eigenvalue weighted by Gasteiger charge is -2.28. The number of amides is 1. The number of alkyl halides is 3. The van der Waals surface area contributed by atoms with Gasteiger partial charge in [-0.05, 0) is 19.1 Å². The molecule has 0 atom stereocenters. The van der Waals surface area contributed by atoms with Gasteiger partial charge in [0, 0.05) is 25.4 Å². The van der Waals surface area contributed by atoms with Crippen molar-refractivity contribution in [2.45, 2.75) is 18.3 Å². The second-order valence-electron chi connectivity index (χ2n) is 6.52. The van der Waals surface area contributed by atoms with Gasteiger partial charge in [0.1, 0.15) is 0 Å². The highest BCUT2D eigenvalue weighted by atomic mass is 32.2. The third-order valence-corrected chi connectivity index (χ3v) is 5.10. The van der Waals surface area contributed by atoms with Gasteiger partial charge in [-0.2, -0.15) is 13.2 Å². The lowest BCUT2D eigenvalue weighted by Crippen LogP contribution is -2.37. The van der Waals surface area contributed by atoms with E-state index in [4.69, 9.17) is 4.74 Å². The first-order valence-corrected chi connectivity index (χ1v) is 10.3. The van der Waals surface area contributed by atoms with Gasteiger partial charge in [-0.25, -0.2) is 4.79 Å². The molecule has 1 fully saturated rings. The molecule has 1 aliphatic heterocycles. The maximum atomic E-state index is 12.1. The van der Waals surface area contributed by atoms with Crippen LogP contribution in [-0.2, 0) is 9.47 Å². The first-order chi connectivity index (χ1) is 14.3. The van der Waals surface area contributed by atoms with Gasteiger partial charge >= 0.3 is 12.3 Å². The normalized spacial score (nSPS) is 14.6. The number of morpholine rings is 1. The van der Waals surface area contributed by atoms with Crippen LogP contribution in [0.2, 0.25) is 0 Å². The summed E-state index contributed by atoms with van der Waals surface area (Å²) < 4.78 is 47.7. The molecule has 12 heteroatoms. The summed E-state index contributed by atoms with van der Waals surface area (Å²) in [5, 5.41) is 11.5. The van der Waals surface area contributed by atoms with E-state index in [2.05, 4.69) is 25.2 Å². The fraction of sp³-hybridized carbons (Fsp3) is 0.500. The number of rotatable bonds is 7. The van der Waals surface area contributed by atoms with Crippen LogP contribution in [0.3, 0.4) is 0 Å². The summed E-state index contributed by atoms with van der Waals surface area (Å²) in [4.78, 5) is 13.4. The molecule has 3 rings (SSSR count). The summed E-state index contributed by atoms with van der Waals surface area (Å²) in [5.74, 6) is 1.08. The quantitative estimate of drug-likeness (QED) is 0.519. The third-order valence-electron chi connectivity index (χ3n) is 4.17. The van der Waals surface area contributed by atoms with Crippen LogP contribution in [0.1, 0.15) is 5.56 Å². The topological polar surface area (TPSA) is 81.5 Å². The lowest BCUT2D eigenvalue weighted by atomic mass is 10.2. The van der Waals surface area contributed by atoms with E-state index in [-0.39, 0.29) is 6.54 Å². The third kappa shape index (κ3) is 6.26. The zero-order chi connectivity index (χ0) is 21.6. The van der Waals surface area contributed by atoms with Crippen LogP contribution in [0.4, 0.5) is 23.9 Å². The fourth-order valence-corrected chi connectivity index (χ4v) is 3.54. The van der Waals surface area contributed by atoms with Crippen LogP contribution in [0.25, 0.3) is 5.69 Å². The Kier molecular flexibility index (Phi) is 7.43. The minimum Gasteiger partial charge on any atom is -0.440 e. The summed E-state index contributed by atoms with van der Waals surface area (Å²) in [6.07, 6.45) is -5.66. The number of anilines is 1. The molecular formula is C18H22F3N5O3S. The number of halogens is 3. The number of ether oxygens (including phenoxy) is 2. The monoisotopic (exact) mass is 445 g/mol. The average Bonchev–Trinajstić information content (AvgIpc) is 3.14. The number of alkyl carbamates (subject to hydrolysis) is 1. The highest BCUT2D eigenvalue weighted by Crippen LogP contribution is 2.27. The first-order valence-electron chi connectivity index (χ1n) is 9.29. The molecule has 1 aromatic carbocycles. The maximum Gasteiger partial charge on any atom is 0.422 e. The SMILES string of the molecule is Cc1ccc(-n2c(SCCNC(=O)OCC(F)(F)F)nnc2N2CCOCC2)cc1. The summed E-state index contributed by atoms with van der Waals surface area (Å²) in [6, 6.07) is 7.93. The molecule has 1 saturated heterocycles. The second kappa shape index (κ2) is 10.0. The van der Waals surface area contributed by atoms with Gasteiger partial charge < -0.3 is 19.7 Å². The van der Waals surface area contributed by atoms with Crippen molar-refractivity contribution in [1.82, 2.24) is 20.1 Å².